The Kier molecular flexibility index (Phi) is 5.70. The van der Waals surface area contributed by atoms with Gasteiger partial charge in [0.1, 0.15) is 0 Å². The molecule has 0 aliphatic carbocycles. The van der Waals surface area contributed by atoms with Gasteiger partial charge in [0.25, 0.3) is 0 Å². The van der Waals surface area contributed by atoms with Crippen molar-refractivity contribution in [2.24, 2.45) is 11.7 Å². The Balaban J connectivity index is 2.12. The first-order valence-corrected chi connectivity index (χ1v) is 8.21. The van der Waals surface area contributed by atoms with E-state index in [0.717, 1.165) is 22.0 Å². The van der Waals surface area contributed by atoms with Crippen molar-refractivity contribution in [3.63, 3.8) is 0 Å². The Morgan fingerprint density at radius 3 is 2.95 bits per heavy atom. The second-order valence-corrected chi connectivity index (χ2v) is 6.65. The monoisotopic (exact) mass is 344 g/mol. The number of rotatable bonds is 5. The van der Waals surface area contributed by atoms with Crippen LogP contribution in [0.2, 0.25) is 5.02 Å². The molecule has 0 saturated carbocycles. The molecular weight excluding hydrogens is 324 g/mol. The fraction of sp³-hybridized carbons (Fsp3) is 0.600. The number of halogens is 2. The Morgan fingerprint density at radius 2 is 2.32 bits per heavy atom. The molecule has 1 aliphatic rings. The van der Waals surface area contributed by atoms with Crippen molar-refractivity contribution < 1.29 is 0 Å². The fourth-order valence-corrected chi connectivity index (χ4v) is 3.98. The van der Waals surface area contributed by atoms with Gasteiger partial charge in [0, 0.05) is 28.6 Å². The summed E-state index contributed by atoms with van der Waals surface area (Å²) in [6.45, 7) is 5.24. The van der Waals surface area contributed by atoms with E-state index in [2.05, 4.69) is 33.8 Å². The van der Waals surface area contributed by atoms with E-state index in [4.69, 9.17) is 17.3 Å². The van der Waals surface area contributed by atoms with Gasteiger partial charge < -0.3 is 5.73 Å². The van der Waals surface area contributed by atoms with Crippen molar-refractivity contribution in [3.05, 3.63) is 33.3 Å². The fourth-order valence-electron chi connectivity index (χ4n) is 3.03. The molecule has 1 saturated heterocycles. The molecule has 1 fully saturated rings. The van der Waals surface area contributed by atoms with Crippen LogP contribution in [0.4, 0.5) is 0 Å². The van der Waals surface area contributed by atoms with E-state index < -0.39 is 0 Å². The van der Waals surface area contributed by atoms with Gasteiger partial charge in [-0.25, -0.2) is 0 Å². The van der Waals surface area contributed by atoms with Crippen molar-refractivity contribution >= 4 is 27.5 Å². The molecule has 0 spiro atoms. The summed E-state index contributed by atoms with van der Waals surface area (Å²) in [7, 11) is 0. The Labute approximate surface area is 129 Å². The number of nitrogens with two attached hydrogens (primary N) is 1. The summed E-state index contributed by atoms with van der Waals surface area (Å²) in [5, 5.41) is 0.761. The second kappa shape index (κ2) is 7.07. The van der Waals surface area contributed by atoms with Crippen LogP contribution in [0.25, 0.3) is 0 Å². The number of hydrogen-bond donors (Lipinski definition) is 1. The van der Waals surface area contributed by atoms with Gasteiger partial charge in [-0.1, -0.05) is 46.9 Å². The van der Waals surface area contributed by atoms with E-state index in [1.54, 1.807) is 0 Å². The van der Waals surface area contributed by atoms with Crippen LogP contribution in [0, 0.1) is 5.92 Å². The van der Waals surface area contributed by atoms with Gasteiger partial charge in [0.05, 0.1) is 0 Å². The highest BCUT2D eigenvalue weighted by atomic mass is 79.9. The molecule has 1 aromatic rings. The molecule has 0 aromatic heterocycles. The predicted molar refractivity (Wildman–Crippen MR) is 85.5 cm³/mol. The minimum absolute atomic E-state index is 0.300. The van der Waals surface area contributed by atoms with Gasteiger partial charge in [0.2, 0.25) is 0 Å². The third kappa shape index (κ3) is 3.72. The molecule has 106 valence electrons. The van der Waals surface area contributed by atoms with Crippen molar-refractivity contribution in [1.29, 1.82) is 0 Å². The zero-order chi connectivity index (χ0) is 13.8. The Bertz CT molecular complexity index is 425. The second-order valence-electron chi connectivity index (χ2n) is 5.36. The quantitative estimate of drug-likeness (QED) is 0.865. The van der Waals surface area contributed by atoms with Crippen molar-refractivity contribution in [3.8, 4) is 0 Å². The van der Waals surface area contributed by atoms with Gasteiger partial charge in [-0.05, 0) is 43.0 Å². The summed E-state index contributed by atoms with van der Waals surface area (Å²) < 4.78 is 1.06. The standard InChI is InChI=1S/C15H22BrClN2/c1-2-3-11-6-7-19(10-11)15(9-18)13-5-4-12(17)8-14(13)16/h4-5,8,11,15H,2-3,6-7,9-10,18H2,1H3. The van der Waals surface area contributed by atoms with Crippen LogP contribution in [0.15, 0.2) is 22.7 Å². The van der Waals surface area contributed by atoms with Crippen LogP contribution >= 0.6 is 27.5 Å². The highest BCUT2D eigenvalue weighted by Gasteiger charge is 2.28. The number of nitrogens with zero attached hydrogens (tertiary/aromatic N) is 1. The van der Waals surface area contributed by atoms with Gasteiger partial charge in [-0.2, -0.15) is 0 Å². The van der Waals surface area contributed by atoms with Crippen LogP contribution in [0.5, 0.6) is 0 Å². The minimum atomic E-state index is 0.300. The van der Waals surface area contributed by atoms with Crippen LogP contribution < -0.4 is 5.73 Å². The third-order valence-electron chi connectivity index (χ3n) is 4.00. The highest BCUT2D eigenvalue weighted by molar-refractivity contribution is 9.10. The molecule has 1 aromatic carbocycles. The first kappa shape index (κ1) is 15.3. The number of likely N-dealkylation sites (tertiary alicyclic amines) is 1. The van der Waals surface area contributed by atoms with Gasteiger partial charge in [0.15, 0.2) is 0 Å². The molecule has 0 amide bonds. The van der Waals surface area contributed by atoms with E-state index >= 15 is 0 Å². The van der Waals surface area contributed by atoms with E-state index in [1.807, 2.05) is 12.1 Å². The summed E-state index contributed by atoms with van der Waals surface area (Å²) in [5.41, 5.74) is 7.27. The van der Waals surface area contributed by atoms with Crippen LogP contribution in [0.3, 0.4) is 0 Å². The summed E-state index contributed by atoms with van der Waals surface area (Å²) >= 11 is 9.63. The molecule has 0 radical (unpaired) electrons. The van der Waals surface area contributed by atoms with Crippen molar-refractivity contribution in [2.75, 3.05) is 19.6 Å². The normalized spacial score (nSPS) is 21.8. The maximum atomic E-state index is 6.02. The summed E-state index contributed by atoms with van der Waals surface area (Å²) in [6, 6.07) is 6.30. The average Bonchev–Trinajstić information content (AvgIpc) is 2.82. The molecule has 19 heavy (non-hydrogen) atoms. The topological polar surface area (TPSA) is 29.3 Å². The van der Waals surface area contributed by atoms with Gasteiger partial charge >= 0.3 is 0 Å². The van der Waals surface area contributed by atoms with Crippen LogP contribution in [-0.2, 0) is 0 Å². The van der Waals surface area contributed by atoms with E-state index in [0.29, 0.717) is 12.6 Å². The molecule has 4 heteroatoms. The van der Waals surface area contributed by atoms with E-state index in [-0.39, 0.29) is 0 Å². The minimum Gasteiger partial charge on any atom is -0.329 e. The lowest BCUT2D eigenvalue weighted by molar-refractivity contribution is 0.239. The number of benzene rings is 1. The molecule has 2 unspecified atom stereocenters. The molecule has 1 aliphatic heterocycles. The van der Waals surface area contributed by atoms with E-state index in [9.17, 15) is 0 Å². The molecular formula is C15H22BrClN2. The molecule has 1 heterocycles. The highest BCUT2D eigenvalue weighted by Crippen LogP contribution is 2.33. The average molecular weight is 346 g/mol. The molecule has 2 N–H and O–H groups in total. The predicted octanol–water partition coefficient (Wildman–Crippen LogP) is 4.22. The zero-order valence-electron chi connectivity index (χ0n) is 11.4. The smallest absolute Gasteiger partial charge is 0.0481 e. The Morgan fingerprint density at radius 1 is 1.53 bits per heavy atom. The third-order valence-corrected chi connectivity index (χ3v) is 4.92. The Hall–Kier alpha value is -0.0900. The van der Waals surface area contributed by atoms with Gasteiger partial charge in [-0.3, -0.25) is 4.90 Å². The van der Waals surface area contributed by atoms with Crippen LogP contribution in [0.1, 0.15) is 37.8 Å². The summed E-state index contributed by atoms with van der Waals surface area (Å²) in [6.07, 6.45) is 3.90. The first-order chi connectivity index (χ1) is 9.15. The molecule has 2 nitrogen and oxygen atoms in total. The SMILES string of the molecule is CCCC1CCN(C(CN)c2ccc(Cl)cc2Br)C1. The first-order valence-electron chi connectivity index (χ1n) is 7.04. The zero-order valence-corrected chi connectivity index (χ0v) is 13.8. The summed E-state index contributed by atoms with van der Waals surface area (Å²) in [4.78, 5) is 2.52. The number of hydrogen-bond acceptors (Lipinski definition) is 2. The lowest BCUT2D eigenvalue weighted by atomic mass is 10.0. The lowest BCUT2D eigenvalue weighted by Crippen LogP contribution is -2.32. The maximum absolute atomic E-state index is 6.02. The molecule has 0 bridgehead atoms. The van der Waals surface area contributed by atoms with E-state index in [1.165, 1.54) is 31.4 Å². The van der Waals surface area contributed by atoms with Crippen molar-refractivity contribution in [2.45, 2.75) is 32.2 Å². The van der Waals surface area contributed by atoms with Gasteiger partial charge in [-0.15, -0.1) is 0 Å². The molecule has 2 atom stereocenters. The summed E-state index contributed by atoms with van der Waals surface area (Å²) in [5.74, 6) is 0.838. The largest absolute Gasteiger partial charge is 0.329 e. The van der Waals surface area contributed by atoms with Crippen LogP contribution in [-0.4, -0.2) is 24.5 Å². The van der Waals surface area contributed by atoms with Crippen molar-refractivity contribution in [1.82, 2.24) is 4.90 Å². The lowest BCUT2D eigenvalue weighted by Gasteiger charge is -2.28. The maximum Gasteiger partial charge on any atom is 0.0481 e. The molecule has 2 rings (SSSR count).